The van der Waals surface area contributed by atoms with E-state index in [1.807, 2.05) is 30.6 Å². The van der Waals surface area contributed by atoms with E-state index < -0.39 is 5.60 Å². The van der Waals surface area contributed by atoms with Crippen LogP contribution in [0, 0.1) is 5.92 Å². The number of piperidine rings is 1. The Kier molecular flexibility index (Phi) is 7.95. The number of likely N-dealkylation sites (N-methyl/N-ethyl adjacent to an activating group) is 1. The van der Waals surface area contributed by atoms with Crippen LogP contribution in [0.1, 0.15) is 66.7 Å². The van der Waals surface area contributed by atoms with Crippen molar-refractivity contribution < 1.29 is 14.3 Å². The van der Waals surface area contributed by atoms with Gasteiger partial charge in [-0.3, -0.25) is 9.69 Å². The first-order valence-corrected chi connectivity index (χ1v) is 10.7. The number of nitrogens with zero attached hydrogens (tertiary/aromatic N) is 3. The minimum atomic E-state index is -0.462. The number of carbonyl (C=O) groups is 2. The lowest BCUT2D eigenvalue weighted by Crippen LogP contribution is -2.47. The molecule has 27 heavy (non-hydrogen) atoms. The second-order valence-corrected chi connectivity index (χ2v) is 9.18. The molecule has 0 radical (unpaired) electrons. The summed E-state index contributed by atoms with van der Waals surface area (Å²) in [4.78, 5) is 31.2. The first kappa shape index (κ1) is 22.0. The molecule has 0 saturated carbocycles. The highest BCUT2D eigenvalue weighted by Gasteiger charge is 2.29. The standard InChI is InChI=1S/C21H39N3O3/c1-6-22(16-19(25)23-13-9-17(2)10-14-23)18-8-7-12-24(15-11-18)20(26)27-21(3,4)5/h17-18H,6-16H2,1-5H3. The summed E-state index contributed by atoms with van der Waals surface area (Å²) in [5.74, 6) is 0.994. The van der Waals surface area contributed by atoms with Crippen LogP contribution in [-0.2, 0) is 9.53 Å². The average Bonchev–Trinajstić information content (AvgIpc) is 2.85. The van der Waals surface area contributed by atoms with Crippen LogP contribution in [-0.4, -0.2) is 77.6 Å². The smallest absolute Gasteiger partial charge is 0.410 e. The Labute approximate surface area is 165 Å². The second kappa shape index (κ2) is 9.76. The first-order chi connectivity index (χ1) is 12.7. The van der Waals surface area contributed by atoms with Crippen LogP contribution in [0.5, 0.6) is 0 Å². The van der Waals surface area contributed by atoms with Gasteiger partial charge >= 0.3 is 6.09 Å². The van der Waals surface area contributed by atoms with Crippen molar-refractivity contribution >= 4 is 12.0 Å². The van der Waals surface area contributed by atoms with Crippen LogP contribution in [0.15, 0.2) is 0 Å². The van der Waals surface area contributed by atoms with E-state index in [4.69, 9.17) is 4.74 Å². The van der Waals surface area contributed by atoms with Crippen LogP contribution in [0.2, 0.25) is 0 Å². The molecule has 2 rings (SSSR count). The molecule has 0 bridgehead atoms. The third-order valence-corrected chi connectivity index (χ3v) is 5.75. The molecule has 2 heterocycles. The number of amides is 2. The molecule has 6 heteroatoms. The number of hydrogen-bond acceptors (Lipinski definition) is 4. The van der Waals surface area contributed by atoms with Gasteiger partial charge in [0.2, 0.25) is 5.91 Å². The average molecular weight is 382 g/mol. The van der Waals surface area contributed by atoms with E-state index in [0.717, 1.165) is 64.2 Å². The van der Waals surface area contributed by atoms with Crippen LogP contribution in [0.3, 0.4) is 0 Å². The molecule has 2 aliphatic rings. The fourth-order valence-corrected chi connectivity index (χ4v) is 3.98. The molecule has 2 fully saturated rings. The molecule has 0 spiro atoms. The van der Waals surface area contributed by atoms with E-state index in [1.165, 1.54) is 0 Å². The molecule has 0 aliphatic carbocycles. The minimum absolute atomic E-state index is 0.218. The highest BCUT2D eigenvalue weighted by atomic mass is 16.6. The minimum Gasteiger partial charge on any atom is -0.444 e. The molecule has 0 aromatic rings. The maximum Gasteiger partial charge on any atom is 0.410 e. The molecule has 2 amide bonds. The zero-order chi connectivity index (χ0) is 20.0. The Morgan fingerprint density at radius 3 is 2.22 bits per heavy atom. The van der Waals surface area contributed by atoms with E-state index in [9.17, 15) is 9.59 Å². The fraction of sp³-hybridized carbons (Fsp3) is 0.905. The maximum absolute atomic E-state index is 12.7. The van der Waals surface area contributed by atoms with Gasteiger partial charge in [-0.15, -0.1) is 0 Å². The van der Waals surface area contributed by atoms with Gasteiger partial charge in [-0.05, 0) is 65.3 Å². The quantitative estimate of drug-likeness (QED) is 0.749. The topological polar surface area (TPSA) is 53.1 Å². The summed E-state index contributed by atoms with van der Waals surface area (Å²) < 4.78 is 5.52. The maximum atomic E-state index is 12.7. The Hall–Kier alpha value is -1.30. The highest BCUT2D eigenvalue weighted by Crippen LogP contribution is 2.20. The summed E-state index contributed by atoms with van der Waals surface area (Å²) >= 11 is 0. The predicted molar refractivity (Wildman–Crippen MR) is 108 cm³/mol. The van der Waals surface area contributed by atoms with E-state index in [1.54, 1.807) is 0 Å². The van der Waals surface area contributed by atoms with Crippen molar-refractivity contribution in [3.8, 4) is 0 Å². The molecule has 156 valence electrons. The molecular weight excluding hydrogens is 342 g/mol. The number of carbonyl (C=O) groups excluding carboxylic acids is 2. The monoisotopic (exact) mass is 381 g/mol. The van der Waals surface area contributed by atoms with Crippen molar-refractivity contribution in [1.29, 1.82) is 0 Å². The van der Waals surface area contributed by atoms with Gasteiger partial charge in [-0.25, -0.2) is 4.79 Å². The molecule has 1 atom stereocenters. The lowest BCUT2D eigenvalue weighted by Gasteiger charge is -2.34. The van der Waals surface area contributed by atoms with E-state index in [2.05, 4.69) is 18.7 Å². The molecule has 6 nitrogen and oxygen atoms in total. The van der Waals surface area contributed by atoms with Gasteiger partial charge < -0.3 is 14.5 Å². The summed E-state index contributed by atoms with van der Waals surface area (Å²) in [7, 11) is 0. The first-order valence-electron chi connectivity index (χ1n) is 10.7. The molecule has 2 saturated heterocycles. The molecule has 0 aromatic heterocycles. The normalized spacial score (nSPS) is 22.7. The summed E-state index contributed by atoms with van der Waals surface area (Å²) in [6, 6.07) is 0.357. The Balaban J connectivity index is 1.86. The van der Waals surface area contributed by atoms with Crippen molar-refractivity contribution in [2.45, 2.75) is 78.4 Å². The van der Waals surface area contributed by atoms with E-state index >= 15 is 0 Å². The van der Waals surface area contributed by atoms with Gasteiger partial charge in [0.15, 0.2) is 0 Å². The molecule has 2 aliphatic heterocycles. The SMILES string of the molecule is CCN(CC(=O)N1CCC(C)CC1)C1CCCN(C(=O)OC(C)(C)C)CC1. The van der Waals surface area contributed by atoms with Crippen molar-refractivity contribution in [3.05, 3.63) is 0 Å². The Bertz CT molecular complexity index is 495. The zero-order valence-corrected chi connectivity index (χ0v) is 18.0. The van der Waals surface area contributed by atoms with Gasteiger partial charge in [-0.2, -0.15) is 0 Å². The molecule has 0 N–H and O–H groups in total. The summed E-state index contributed by atoms with van der Waals surface area (Å²) in [5.41, 5.74) is -0.462. The van der Waals surface area contributed by atoms with E-state index in [-0.39, 0.29) is 12.0 Å². The lowest BCUT2D eigenvalue weighted by atomic mass is 9.99. The summed E-state index contributed by atoms with van der Waals surface area (Å²) in [6.45, 7) is 14.7. The van der Waals surface area contributed by atoms with Crippen LogP contribution < -0.4 is 0 Å². The number of likely N-dealkylation sites (tertiary alicyclic amines) is 2. The Morgan fingerprint density at radius 2 is 1.63 bits per heavy atom. The number of hydrogen-bond donors (Lipinski definition) is 0. The van der Waals surface area contributed by atoms with Crippen molar-refractivity contribution in [1.82, 2.24) is 14.7 Å². The van der Waals surface area contributed by atoms with Crippen LogP contribution in [0.25, 0.3) is 0 Å². The molecular formula is C21H39N3O3. The lowest BCUT2D eigenvalue weighted by molar-refractivity contribution is -0.134. The van der Waals surface area contributed by atoms with Crippen molar-refractivity contribution in [2.24, 2.45) is 5.92 Å². The van der Waals surface area contributed by atoms with Gasteiger partial charge in [0.25, 0.3) is 0 Å². The van der Waals surface area contributed by atoms with Crippen molar-refractivity contribution in [3.63, 3.8) is 0 Å². The fourth-order valence-electron chi connectivity index (χ4n) is 3.98. The largest absolute Gasteiger partial charge is 0.444 e. The number of ether oxygens (including phenoxy) is 1. The van der Waals surface area contributed by atoms with Crippen LogP contribution >= 0.6 is 0 Å². The van der Waals surface area contributed by atoms with E-state index in [0.29, 0.717) is 19.1 Å². The van der Waals surface area contributed by atoms with Crippen molar-refractivity contribution in [2.75, 3.05) is 39.3 Å². The zero-order valence-electron chi connectivity index (χ0n) is 18.0. The predicted octanol–water partition coefficient (Wildman–Crippen LogP) is 3.36. The highest BCUT2D eigenvalue weighted by molar-refractivity contribution is 5.78. The van der Waals surface area contributed by atoms with Gasteiger partial charge in [0.05, 0.1) is 6.54 Å². The number of rotatable bonds is 4. The summed E-state index contributed by atoms with van der Waals surface area (Å²) in [6.07, 6.45) is 4.90. The Morgan fingerprint density at radius 1 is 1.00 bits per heavy atom. The molecule has 0 aromatic carbocycles. The van der Waals surface area contributed by atoms with Gasteiger partial charge in [-0.1, -0.05) is 13.8 Å². The van der Waals surface area contributed by atoms with Crippen LogP contribution in [0.4, 0.5) is 4.79 Å². The van der Waals surface area contributed by atoms with Gasteiger partial charge in [0.1, 0.15) is 5.60 Å². The second-order valence-electron chi connectivity index (χ2n) is 9.18. The molecule has 1 unspecified atom stereocenters. The third-order valence-electron chi connectivity index (χ3n) is 5.75. The van der Waals surface area contributed by atoms with Gasteiger partial charge in [0, 0.05) is 32.2 Å². The third kappa shape index (κ3) is 6.98. The summed E-state index contributed by atoms with van der Waals surface area (Å²) in [5, 5.41) is 0.